The van der Waals surface area contributed by atoms with Gasteiger partial charge in [-0.2, -0.15) is 0 Å². The van der Waals surface area contributed by atoms with E-state index in [1.807, 2.05) is 44.2 Å². The largest absolute Gasteiger partial charge is 0.346 e. The molecule has 0 radical (unpaired) electrons. The summed E-state index contributed by atoms with van der Waals surface area (Å²) in [5.74, 6) is 0.725. The summed E-state index contributed by atoms with van der Waals surface area (Å²) < 4.78 is 22.9. The quantitative estimate of drug-likeness (QED) is 0.863. The highest BCUT2D eigenvalue weighted by molar-refractivity contribution is 8.02. The molecule has 22 heavy (non-hydrogen) atoms. The summed E-state index contributed by atoms with van der Waals surface area (Å²) in [4.78, 5) is 12.2. The zero-order chi connectivity index (χ0) is 16.2. The molecule has 2 rings (SSSR count). The maximum absolute atomic E-state index is 12.2. The van der Waals surface area contributed by atoms with Gasteiger partial charge in [-0.15, -0.1) is 11.8 Å². The Labute approximate surface area is 137 Å². The Bertz CT molecular complexity index is 616. The third kappa shape index (κ3) is 4.49. The van der Waals surface area contributed by atoms with Crippen molar-refractivity contribution < 1.29 is 13.2 Å². The van der Waals surface area contributed by atoms with Gasteiger partial charge in [0.1, 0.15) is 0 Å². The molecule has 1 aliphatic rings. The molecule has 6 heteroatoms. The van der Waals surface area contributed by atoms with Crippen LogP contribution in [0.15, 0.2) is 30.3 Å². The first kappa shape index (κ1) is 17.3. The van der Waals surface area contributed by atoms with E-state index in [4.69, 9.17) is 0 Å². The van der Waals surface area contributed by atoms with Crippen LogP contribution in [0.5, 0.6) is 0 Å². The van der Waals surface area contributed by atoms with E-state index >= 15 is 0 Å². The van der Waals surface area contributed by atoms with E-state index in [0.717, 1.165) is 12.0 Å². The molecule has 0 saturated carbocycles. The second-order valence-corrected chi connectivity index (χ2v) is 9.45. The molecule has 1 aromatic carbocycles. The Balaban J connectivity index is 1.90. The lowest BCUT2D eigenvalue weighted by Gasteiger charge is -2.30. The molecule has 0 bridgehead atoms. The fraction of sp³-hybridized carbons (Fsp3) is 0.562. The Morgan fingerprint density at radius 2 is 2.05 bits per heavy atom. The van der Waals surface area contributed by atoms with Crippen LogP contribution in [0, 0.1) is 0 Å². The van der Waals surface area contributed by atoms with Crippen molar-refractivity contribution in [3.05, 3.63) is 35.9 Å². The molecule has 1 aliphatic heterocycles. The highest BCUT2D eigenvalue weighted by Crippen LogP contribution is 2.26. The van der Waals surface area contributed by atoms with Crippen molar-refractivity contribution in [1.29, 1.82) is 0 Å². The van der Waals surface area contributed by atoms with Gasteiger partial charge < -0.3 is 5.32 Å². The first-order valence-corrected chi connectivity index (χ1v) is 10.4. The summed E-state index contributed by atoms with van der Waals surface area (Å²) in [6, 6.07) is 9.92. The van der Waals surface area contributed by atoms with E-state index in [-0.39, 0.29) is 28.2 Å². The molecule has 1 fully saturated rings. The number of sulfone groups is 1. The second kappa shape index (κ2) is 7.04. The van der Waals surface area contributed by atoms with Gasteiger partial charge in [-0.1, -0.05) is 37.3 Å². The third-order valence-corrected chi connectivity index (χ3v) is 7.46. The average Bonchev–Trinajstić information content (AvgIpc) is 2.85. The predicted octanol–water partition coefficient (Wildman–Crippen LogP) is 2.35. The molecule has 0 aromatic heterocycles. The van der Waals surface area contributed by atoms with Gasteiger partial charge in [-0.05, 0) is 25.3 Å². The van der Waals surface area contributed by atoms with Crippen LogP contribution >= 0.6 is 11.8 Å². The summed E-state index contributed by atoms with van der Waals surface area (Å²) in [7, 11) is -2.88. The molecule has 0 unspecified atom stereocenters. The van der Waals surface area contributed by atoms with Gasteiger partial charge in [-0.25, -0.2) is 8.42 Å². The zero-order valence-electron chi connectivity index (χ0n) is 13.0. The number of nitrogens with one attached hydrogen (secondary N) is 1. The van der Waals surface area contributed by atoms with Crippen LogP contribution < -0.4 is 5.32 Å². The molecule has 122 valence electrons. The molecule has 1 saturated heterocycles. The molecule has 0 spiro atoms. The van der Waals surface area contributed by atoms with Gasteiger partial charge in [0.2, 0.25) is 5.91 Å². The van der Waals surface area contributed by atoms with E-state index in [9.17, 15) is 13.2 Å². The normalized spacial score (nSPS) is 22.9. The van der Waals surface area contributed by atoms with Gasteiger partial charge in [0.25, 0.3) is 0 Å². The van der Waals surface area contributed by atoms with Gasteiger partial charge in [-0.3, -0.25) is 4.79 Å². The Kier molecular flexibility index (Phi) is 5.55. The zero-order valence-corrected chi connectivity index (χ0v) is 14.7. The number of rotatable bonds is 6. The van der Waals surface area contributed by atoms with Crippen molar-refractivity contribution in [2.24, 2.45) is 0 Å². The summed E-state index contributed by atoms with van der Waals surface area (Å²) in [6.07, 6.45) is 1.45. The standard InChI is InChI=1S/C16H23NO3S2/c1-3-16(2,13-7-5-4-6-8-13)17-15(18)11-21-14-9-10-22(19,20)12-14/h4-8,14H,3,9-12H2,1-2H3,(H,17,18)/t14-,16+/m1/s1. The summed E-state index contributed by atoms with van der Waals surface area (Å²) in [5, 5.41) is 3.15. The van der Waals surface area contributed by atoms with Crippen LogP contribution in [0.2, 0.25) is 0 Å². The van der Waals surface area contributed by atoms with Crippen molar-refractivity contribution in [2.45, 2.75) is 37.5 Å². The minimum Gasteiger partial charge on any atom is -0.346 e. The monoisotopic (exact) mass is 341 g/mol. The number of hydrogen-bond donors (Lipinski definition) is 1. The van der Waals surface area contributed by atoms with Crippen LogP contribution in [-0.2, 0) is 20.2 Å². The Morgan fingerprint density at radius 3 is 2.59 bits per heavy atom. The number of thioether (sulfide) groups is 1. The predicted molar refractivity (Wildman–Crippen MR) is 91.7 cm³/mol. The first-order valence-electron chi connectivity index (χ1n) is 7.53. The number of carbonyl (C=O) groups excluding carboxylic acids is 1. The van der Waals surface area contributed by atoms with Crippen LogP contribution in [-0.4, -0.2) is 36.8 Å². The molecule has 0 aliphatic carbocycles. The summed E-state index contributed by atoms with van der Waals surface area (Å²) in [6.45, 7) is 4.06. The number of hydrogen-bond acceptors (Lipinski definition) is 4. The maximum Gasteiger partial charge on any atom is 0.230 e. The van der Waals surface area contributed by atoms with Crippen LogP contribution in [0.25, 0.3) is 0 Å². The number of amides is 1. The van der Waals surface area contributed by atoms with Crippen LogP contribution in [0.4, 0.5) is 0 Å². The molecule has 2 atom stereocenters. The number of benzene rings is 1. The molecule has 1 aromatic rings. The van der Waals surface area contributed by atoms with Crippen molar-refractivity contribution in [2.75, 3.05) is 17.3 Å². The van der Waals surface area contributed by atoms with Gasteiger partial charge in [0.15, 0.2) is 9.84 Å². The first-order chi connectivity index (χ1) is 10.3. The molecule has 1 N–H and O–H groups in total. The van der Waals surface area contributed by atoms with Gasteiger partial charge >= 0.3 is 0 Å². The Morgan fingerprint density at radius 1 is 1.36 bits per heavy atom. The lowest BCUT2D eigenvalue weighted by atomic mass is 9.89. The molecular weight excluding hydrogens is 318 g/mol. The van der Waals surface area contributed by atoms with E-state index in [2.05, 4.69) is 5.32 Å². The maximum atomic E-state index is 12.2. The van der Waals surface area contributed by atoms with Crippen LogP contribution in [0.3, 0.4) is 0 Å². The van der Waals surface area contributed by atoms with Gasteiger partial charge in [0.05, 0.1) is 22.8 Å². The van der Waals surface area contributed by atoms with Crippen molar-refractivity contribution in [3.63, 3.8) is 0 Å². The molecule has 1 amide bonds. The highest BCUT2D eigenvalue weighted by Gasteiger charge is 2.30. The van der Waals surface area contributed by atoms with E-state index in [1.165, 1.54) is 11.8 Å². The minimum atomic E-state index is -2.88. The smallest absolute Gasteiger partial charge is 0.230 e. The van der Waals surface area contributed by atoms with Crippen molar-refractivity contribution >= 4 is 27.5 Å². The van der Waals surface area contributed by atoms with Crippen molar-refractivity contribution in [1.82, 2.24) is 5.32 Å². The third-order valence-electron chi connectivity index (χ3n) is 4.17. The molecule has 4 nitrogen and oxygen atoms in total. The highest BCUT2D eigenvalue weighted by atomic mass is 32.2. The van der Waals surface area contributed by atoms with E-state index in [0.29, 0.717) is 12.2 Å². The molecule has 1 heterocycles. The second-order valence-electron chi connectivity index (χ2n) is 5.94. The minimum absolute atomic E-state index is 0.0394. The lowest BCUT2D eigenvalue weighted by molar-refractivity contribution is -0.120. The van der Waals surface area contributed by atoms with E-state index < -0.39 is 9.84 Å². The topological polar surface area (TPSA) is 63.2 Å². The average molecular weight is 341 g/mol. The van der Waals surface area contributed by atoms with Gasteiger partial charge in [0, 0.05) is 5.25 Å². The molecular formula is C16H23NO3S2. The fourth-order valence-corrected chi connectivity index (χ4v) is 6.04. The summed E-state index contributed by atoms with van der Waals surface area (Å²) >= 11 is 1.45. The number of carbonyl (C=O) groups is 1. The van der Waals surface area contributed by atoms with Crippen molar-refractivity contribution in [3.8, 4) is 0 Å². The lowest BCUT2D eigenvalue weighted by Crippen LogP contribution is -2.44. The van der Waals surface area contributed by atoms with Crippen LogP contribution in [0.1, 0.15) is 32.3 Å². The van der Waals surface area contributed by atoms with E-state index in [1.54, 1.807) is 0 Å². The fourth-order valence-electron chi connectivity index (χ4n) is 2.60. The summed E-state index contributed by atoms with van der Waals surface area (Å²) in [5.41, 5.74) is 0.694. The Hall–Kier alpha value is -1.01. The SMILES string of the molecule is CC[C@](C)(NC(=O)CS[C@@H]1CCS(=O)(=O)C1)c1ccccc1.